The molecular formula is C27H29N7O5S. The van der Waals surface area contributed by atoms with Gasteiger partial charge in [-0.15, -0.1) is 0 Å². The van der Waals surface area contributed by atoms with Gasteiger partial charge in [-0.2, -0.15) is 9.29 Å². The van der Waals surface area contributed by atoms with Crippen molar-refractivity contribution in [3.05, 3.63) is 85.1 Å². The van der Waals surface area contributed by atoms with Gasteiger partial charge in [-0.05, 0) is 36.4 Å². The van der Waals surface area contributed by atoms with Crippen molar-refractivity contribution < 1.29 is 22.7 Å². The van der Waals surface area contributed by atoms with Crippen LogP contribution in [0.5, 0.6) is 11.5 Å². The predicted molar refractivity (Wildman–Crippen MR) is 147 cm³/mol. The van der Waals surface area contributed by atoms with E-state index in [2.05, 4.69) is 20.3 Å². The fourth-order valence-corrected chi connectivity index (χ4v) is 6.10. The Labute approximate surface area is 232 Å². The fourth-order valence-electron chi connectivity index (χ4n) is 4.53. The Morgan fingerprint density at radius 3 is 2.55 bits per heavy atom. The van der Waals surface area contributed by atoms with Crippen LogP contribution in [0.3, 0.4) is 0 Å². The molecule has 1 aliphatic heterocycles. The molecule has 12 nitrogen and oxygen atoms in total. The molecule has 0 bridgehead atoms. The van der Waals surface area contributed by atoms with E-state index >= 15 is 0 Å². The number of anilines is 1. The van der Waals surface area contributed by atoms with Gasteiger partial charge in [-0.3, -0.25) is 9.36 Å². The summed E-state index contributed by atoms with van der Waals surface area (Å²) in [6.45, 7) is 0.666. The van der Waals surface area contributed by atoms with Crippen LogP contribution in [0.4, 0.5) is 5.82 Å². The Bertz CT molecular complexity index is 1560. The molecule has 13 heteroatoms. The zero-order valence-electron chi connectivity index (χ0n) is 22.0. The lowest BCUT2D eigenvalue weighted by Gasteiger charge is -2.40. The molecule has 1 atom stereocenters. The number of sulfonamides is 1. The third-order valence-corrected chi connectivity index (χ3v) is 8.56. The number of rotatable bonds is 9. The number of carbonyl (C=O) groups excluding carboxylic acids is 1. The standard InChI is InChI=1S/C27H29N7O5S/c1-38-21-7-9-22(10-8-21)40(36,37)34-16-15-32(25-11-12-29-27(31-25)33-14-13-28-19-33)18-23(34)26(35)30-17-20-5-3-4-6-24(20)39-2/h3-14,19,23H,15-18H2,1-2H3,(H,30,35). The van der Waals surface area contributed by atoms with Crippen LogP contribution in [0.1, 0.15) is 5.56 Å². The highest BCUT2D eigenvalue weighted by Crippen LogP contribution is 2.26. The van der Waals surface area contributed by atoms with Gasteiger partial charge in [0.15, 0.2) is 0 Å². The second-order valence-corrected chi connectivity index (χ2v) is 10.9. The molecule has 5 rings (SSSR count). The summed E-state index contributed by atoms with van der Waals surface area (Å²) in [6.07, 6.45) is 6.56. The van der Waals surface area contributed by atoms with Gasteiger partial charge in [0.25, 0.3) is 0 Å². The Kier molecular flexibility index (Phi) is 7.94. The summed E-state index contributed by atoms with van der Waals surface area (Å²) in [5.41, 5.74) is 0.774. The number of carbonyl (C=O) groups is 1. The summed E-state index contributed by atoms with van der Waals surface area (Å²) in [6, 6.07) is 14.2. The van der Waals surface area contributed by atoms with Crippen LogP contribution < -0.4 is 19.7 Å². The van der Waals surface area contributed by atoms with Gasteiger partial charge in [-0.25, -0.2) is 18.4 Å². The lowest BCUT2D eigenvalue weighted by Crippen LogP contribution is -2.60. The molecule has 1 amide bonds. The summed E-state index contributed by atoms with van der Waals surface area (Å²) in [5.74, 6) is 1.72. The van der Waals surface area contributed by atoms with E-state index in [1.807, 2.05) is 23.1 Å². The molecule has 0 saturated carbocycles. The first-order chi connectivity index (χ1) is 19.4. The van der Waals surface area contributed by atoms with Crippen molar-refractivity contribution in [2.75, 3.05) is 38.8 Å². The van der Waals surface area contributed by atoms with Crippen molar-refractivity contribution in [2.45, 2.75) is 17.5 Å². The van der Waals surface area contributed by atoms with Crippen molar-refractivity contribution in [3.63, 3.8) is 0 Å². The zero-order chi connectivity index (χ0) is 28.1. The minimum Gasteiger partial charge on any atom is -0.497 e. The summed E-state index contributed by atoms with van der Waals surface area (Å²) >= 11 is 0. The summed E-state index contributed by atoms with van der Waals surface area (Å²) in [5, 5.41) is 2.90. The van der Waals surface area contributed by atoms with Crippen LogP contribution in [-0.2, 0) is 21.4 Å². The first-order valence-corrected chi connectivity index (χ1v) is 14.0. The SMILES string of the molecule is COc1ccc(S(=O)(=O)N2CCN(c3ccnc(-n4ccnc4)n3)CC2C(=O)NCc2ccccc2OC)cc1. The van der Waals surface area contributed by atoms with Crippen molar-refractivity contribution in [1.29, 1.82) is 0 Å². The van der Waals surface area contributed by atoms with E-state index in [4.69, 9.17) is 9.47 Å². The molecule has 208 valence electrons. The van der Waals surface area contributed by atoms with Crippen LogP contribution >= 0.6 is 0 Å². The van der Waals surface area contributed by atoms with Crippen LogP contribution in [0, 0.1) is 0 Å². The monoisotopic (exact) mass is 563 g/mol. The lowest BCUT2D eigenvalue weighted by molar-refractivity contribution is -0.125. The van der Waals surface area contributed by atoms with Gasteiger partial charge in [-0.1, -0.05) is 18.2 Å². The minimum absolute atomic E-state index is 0.0749. The molecule has 40 heavy (non-hydrogen) atoms. The van der Waals surface area contributed by atoms with E-state index in [0.717, 1.165) is 5.56 Å². The Balaban J connectivity index is 1.43. The Hall–Kier alpha value is -4.49. The van der Waals surface area contributed by atoms with Crippen molar-refractivity contribution in [1.82, 2.24) is 29.1 Å². The van der Waals surface area contributed by atoms with Gasteiger partial charge < -0.3 is 19.7 Å². The summed E-state index contributed by atoms with van der Waals surface area (Å²) in [4.78, 5) is 28.6. The summed E-state index contributed by atoms with van der Waals surface area (Å²) in [7, 11) is -0.938. The van der Waals surface area contributed by atoms with E-state index in [0.29, 0.717) is 29.8 Å². The van der Waals surface area contributed by atoms with Gasteiger partial charge >= 0.3 is 0 Å². The molecule has 1 saturated heterocycles. The molecule has 3 heterocycles. The van der Waals surface area contributed by atoms with Gasteiger partial charge in [0, 0.05) is 50.3 Å². The van der Waals surface area contributed by atoms with Crippen LogP contribution in [0.2, 0.25) is 0 Å². The van der Waals surface area contributed by atoms with E-state index in [-0.39, 0.29) is 24.5 Å². The quantitative estimate of drug-likeness (QED) is 0.324. The number of hydrogen-bond acceptors (Lipinski definition) is 9. The molecule has 0 radical (unpaired) electrons. The second kappa shape index (κ2) is 11.7. The van der Waals surface area contributed by atoms with Crippen LogP contribution in [-0.4, -0.2) is 78.0 Å². The van der Waals surface area contributed by atoms with Crippen molar-refractivity contribution >= 4 is 21.7 Å². The number of methoxy groups -OCH3 is 2. The van der Waals surface area contributed by atoms with Crippen LogP contribution in [0.25, 0.3) is 5.95 Å². The first-order valence-electron chi connectivity index (χ1n) is 12.5. The van der Waals surface area contributed by atoms with E-state index in [1.165, 1.54) is 23.5 Å². The van der Waals surface area contributed by atoms with Gasteiger partial charge in [0.1, 0.15) is 29.7 Å². The maximum absolute atomic E-state index is 13.8. The lowest BCUT2D eigenvalue weighted by atomic mass is 10.1. The third-order valence-electron chi connectivity index (χ3n) is 6.63. The molecule has 1 aliphatic rings. The number of para-hydroxylation sites is 1. The van der Waals surface area contributed by atoms with Gasteiger partial charge in [0.2, 0.25) is 21.9 Å². The highest BCUT2D eigenvalue weighted by molar-refractivity contribution is 7.89. The Morgan fingerprint density at radius 2 is 1.82 bits per heavy atom. The first kappa shape index (κ1) is 27.1. The highest BCUT2D eigenvalue weighted by Gasteiger charge is 2.40. The average molecular weight is 564 g/mol. The molecule has 1 N–H and O–H groups in total. The fraction of sp³-hybridized carbons (Fsp3) is 0.259. The molecule has 2 aromatic heterocycles. The minimum atomic E-state index is -4.01. The number of hydrogen-bond donors (Lipinski definition) is 1. The maximum Gasteiger partial charge on any atom is 0.243 e. The van der Waals surface area contributed by atoms with E-state index < -0.39 is 22.0 Å². The number of nitrogens with zero attached hydrogens (tertiary/aromatic N) is 6. The van der Waals surface area contributed by atoms with Crippen molar-refractivity contribution in [3.8, 4) is 17.4 Å². The predicted octanol–water partition coefficient (Wildman–Crippen LogP) is 1.88. The molecule has 0 aliphatic carbocycles. The number of benzene rings is 2. The molecule has 1 fully saturated rings. The smallest absolute Gasteiger partial charge is 0.243 e. The number of ether oxygens (including phenoxy) is 2. The second-order valence-electron chi connectivity index (χ2n) is 8.97. The van der Waals surface area contributed by atoms with E-state index in [1.54, 1.807) is 60.9 Å². The molecule has 1 unspecified atom stereocenters. The topological polar surface area (TPSA) is 132 Å². The molecule has 4 aromatic rings. The number of piperazine rings is 1. The van der Waals surface area contributed by atoms with Crippen LogP contribution in [0.15, 0.2) is 84.4 Å². The summed E-state index contributed by atoms with van der Waals surface area (Å²) < 4.78 is 41.0. The molecule has 0 spiro atoms. The number of amides is 1. The third kappa shape index (κ3) is 5.60. The highest BCUT2D eigenvalue weighted by atomic mass is 32.2. The zero-order valence-corrected chi connectivity index (χ0v) is 22.9. The number of nitrogens with one attached hydrogen (secondary N) is 1. The average Bonchev–Trinajstić information content (AvgIpc) is 3.55. The molecule has 2 aromatic carbocycles. The van der Waals surface area contributed by atoms with E-state index in [9.17, 15) is 13.2 Å². The number of imidazole rings is 1. The normalized spacial score (nSPS) is 15.9. The largest absolute Gasteiger partial charge is 0.497 e. The van der Waals surface area contributed by atoms with Crippen molar-refractivity contribution in [2.24, 2.45) is 0 Å². The maximum atomic E-state index is 13.8. The Morgan fingerprint density at radius 1 is 1.02 bits per heavy atom. The van der Waals surface area contributed by atoms with Gasteiger partial charge in [0.05, 0.1) is 19.1 Å². The molecular weight excluding hydrogens is 534 g/mol. The number of aromatic nitrogens is 4.